The van der Waals surface area contributed by atoms with Gasteiger partial charge < -0.3 is 10.2 Å². The molecule has 0 amide bonds. The van der Waals surface area contributed by atoms with Crippen molar-refractivity contribution in [2.24, 2.45) is 0 Å². The molecule has 0 aromatic carbocycles. The van der Waals surface area contributed by atoms with E-state index in [1.54, 1.807) is 0 Å². The van der Waals surface area contributed by atoms with Crippen LogP contribution in [-0.2, 0) is 0 Å². The molecule has 2 aliphatic heterocycles. The van der Waals surface area contributed by atoms with Gasteiger partial charge in [-0.05, 0) is 43.6 Å². The highest BCUT2D eigenvalue weighted by atomic mass is 32.2. The molecule has 0 saturated carbocycles. The van der Waals surface area contributed by atoms with E-state index in [0.717, 1.165) is 5.82 Å². The quantitative estimate of drug-likeness (QED) is 0.907. The molecule has 4 heteroatoms. The standard InChI is InChI=1S/C14H21N3S/c1-2-7-17(8-3-1)14-5-4-12(10-15-14)16-13-6-9-18-11-13/h4-5,10,13,16H,1-3,6-9,11H2. The van der Waals surface area contributed by atoms with Gasteiger partial charge >= 0.3 is 0 Å². The monoisotopic (exact) mass is 263 g/mol. The van der Waals surface area contributed by atoms with Crippen LogP contribution in [0.5, 0.6) is 0 Å². The molecular weight excluding hydrogens is 242 g/mol. The Morgan fingerprint density at radius 2 is 2.11 bits per heavy atom. The van der Waals surface area contributed by atoms with E-state index < -0.39 is 0 Å². The summed E-state index contributed by atoms with van der Waals surface area (Å²) in [5.74, 6) is 3.66. The van der Waals surface area contributed by atoms with Crippen molar-refractivity contribution in [2.45, 2.75) is 31.7 Å². The molecule has 1 N–H and O–H groups in total. The number of hydrogen-bond acceptors (Lipinski definition) is 4. The van der Waals surface area contributed by atoms with Crippen molar-refractivity contribution in [1.29, 1.82) is 0 Å². The first-order valence-electron chi connectivity index (χ1n) is 6.97. The summed E-state index contributed by atoms with van der Waals surface area (Å²) < 4.78 is 0. The van der Waals surface area contributed by atoms with Crippen LogP contribution in [0.25, 0.3) is 0 Å². The van der Waals surface area contributed by atoms with Gasteiger partial charge in [-0.3, -0.25) is 0 Å². The zero-order valence-electron chi connectivity index (χ0n) is 10.8. The fraction of sp³-hybridized carbons (Fsp3) is 0.643. The van der Waals surface area contributed by atoms with Crippen LogP contribution in [0.3, 0.4) is 0 Å². The van der Waals surface area contributed by atoms with E-state index in [2.05, 4.69) is 27.3 Å². The highest BCUT2D eigenvalue weighted by molar-refractivity contribution is 7.99. The molecule has 2 fully saturated rings. The number of thioether (sulfide) groups is 1. The molecule has 0 spiro atoms. The summed E-state index contributed by atoms with van der Waals surface area (Å²) in [6.45, 7) is 2.33. The van der Waals surface area contributed by atoms with Gasteiger partial charge in [0.05, 0.1) is 11.9 Å². The average Bonchev–Trinajstić information content (AvgIpc) is 2.94. The largest absolute Gasteiger partial charge is 0.380 e. The predicted octanol–water partition coefficient (Wildman–Crippen LogP) is 2.99. The van der Waals surface area contributed by atoms with E-state index in [0.29, 0.717) is 6.04 Å². The first-order valence-corrected chi connectivity index (χ1v) is 8.12. The molecule has 1 atom stereocenters. The van der Waals surface area contributed by atoms with Crippen molar-refractivity contribution in [3.8, 4) is 0 Å². The number of rotatable bonds is 3. The van der Waals surface area contributed by atoms with E-state index in [4.69, 9.17) is 0 Å². The van der Waals surface area contributed by atoms with E-state index in [9.17, 15) is 0 Å². The lowest BCUT2D eigenvalue weighted by Gasteiger charge is -2.27. The molecule has 1 aromatic rings. The first kappa shape index (κ1) is 12.2. The van der Waals surface area contributed by atoms with Gasteiger partial charge in [0, 0.05) is 24.9 Å². The molecule has 3 nitrogen and oxygen atoms in total. The number of hydrogen-bond donors (Lipinski definition) is 1. The molecule has 98 valence electrons. The van der Waals surface area contributed by atoms with Crippen molar-refractivity contribution < 1.29 is 0 Å². The molecule has 1 unspecified atom stereocenters. The lowest BCUT2D eigenvalue weighted by atomic mass is 10.1. The number of anilines is 2. The van der Waals surface area contributed by atoms with Gasteiger partial charge in [0.1, 0.15) is 5.82 Å². The summed E-state index contributed by atoms with van der Waals surface area (Å²) in [4.78, 5) is 7.00. The Balaban J connectivity index is 1.60. The van der Waals surface area contributed by atoms with Crippen molar-refractivity contribution >= 4 is 23.3 Å². The van der Waals surface area contributed by atoms with E-state index >= 15 is 0 Å². The van der Waals surface area contributed by atoms with Gasteiger partial charge in [-0.25, -0.2) is 4.98 Å². The zero-order valence-corrected chi connectivity index (χ0v) is 11.6. The third-order valence-electron chi connectivity index (χ3n) is 3.73. The van der Waals surface area contributed by atoms with E-state index in [-0.39, 0.29) is 0 Å². The predicted molar refractivity (Wildman–Crippen MR) is 79.7 cm³/mol. The van der Waals surface area contributed by atoms with Gasteiger partial charge in [-0.1, -0.05) is 0 Å². The van der Waals surface area contributed by atoms with Crippen LogP contribution in [0.4, 0.5) is 11.5 Å². The van der Waals surface area contributed by atoms with Gasteiger partial charge in [-0.2, -0.15) is 11.8 Å². The molecule has 18 heavy (non-hydrogen) atoms. The highest BCUT2D eigenvalue weighted by Gasteiger charge is 2.15. The molecule has 0 bridgehead atoms. The minimum Gasteiger partial charge on any atom is -0.380 e. The maximum absolute atomic E-state index is 4.60. The normalized spacial score (nSPS) is 24.2. The molecule has 3 heterocycles. The smallest absolute Gasteiger partial charge is 0.128 e. The van der Waals surface area contributed by atoms with E-state index in [1.807, 2.05) is 18.0 Å². The lowest BCUT2D eigenvalue weighted by molar-refractivity contribution is 0.573. The number of pyridine rings is 1. The maximum atomic E-state index is 4.60. The molecule has 0 radical (unpaired) electrons. The fourth-order valence-corrected chi connectivity index (χ4v) is 3.82. The van der Waals surface area contributed by atoms with Crippen LogP contribution in [-0.4, -0.2) is 35.6 Å². The van der Waals surface area contributed by atoms with Crippen molar-refractivity contribution in [2.75, 3.05) is 34.8 Å². The Hall–Kier alpha value is -0.900. The molecule has 2 aliphatic rings. The van der Waals surface area contributed by atoms with E-state index in [1.165, 1.54) is 56.0 Å². The fourth-order valence-electron chi connectivity index (χ4n) is 2.67. The number of aromatic nitrogens is 1. The zero-order chi connectivity index (χ0) is 12.2. The minimum atomic E-state index is 0.637. The number of nitrogens with zero attached hydrogens (tertiary/aromatic N) is 2. The SMILES string of the molecule is c1cc(N2CCCCC2)ncc1NC1CCSC1. The summed E-state index contributed by atoms with van der Waals surface area (Å²) in [7, 11) is 0. The van der Waals surface area contributed by atoms with Gasteiger partial charge in [0.2, 0.25) is 0 Å². The van der Waals surface area contributed by atoms with Crippen LogP contribution >= 0.6 is 11.8 Å². The Labute approximate surface area is 113 Å². The van der Waals surface area contributed by atoms with Gasteiger partial charge in [-0.15, -0.1) is 0 Å². The first-order chi connectivity index (χ1) is 8.92. The molecule has 1 aromatic heterocycles. The third kappa shape index (κ3) is 2.91. The molecule has 3 rings (SSSR count). The third-order valence-corrected chi connectivity index (χ3v) is 4.89. The minimum absolute atomic E-state index is 0.637. The summed E-state index contributed by atoms with van der Waals surface area (Å²) in [6, 6.07) is 4.98. The summed E-state index contributed by atoms with van der Waals surface area (Å²) in [5.41, 5.74) is 1.17. The number of nitrogens with one attached hydrogen (secondary N) is 1. The lowest BCUT2D eigenvalue weighted by Crippen LogP contribution is -2.30. The highest BCUT2D eigenvalue weighted by Crippen LogP contribution is 2.23. The Kier molecular flexibility index (Phi) is 3.93. The van der Waals surface area contributed by atoms with Crippen LogP contribution in [0, 0.1) is 0 Å². The molecular formula is C14H21N3S. The Morgan fingerprint density at radius 3 is 2.78 bits per heavy atom. The maximum Gasteiger partial charge on any atom is 0.128 e. The topological polar surface area (TPSA) is 28.2 Å². The second kappa shape index (κ2) is 5.83. The Morgan fingerprint density at radius 1 is 1.22 bits per heavy atom. The average molecular weight is 263 g/mol. The number of piperidine rings is 1. The van der Waals surface area contributed by atoms with Gasteiger partial charge in [0.15, 0.2) is 0 Å². The van der Waals surface area contributed by atoms with Crippen LogP contribution in [0.2, 0.25) is 0 Å². The van der Waals surface area contributed by atoms with Crippen molar-refractivity contribution in [3.05, 3.63) is 18.3 Å². The summed E-state index contributed by atoms with van der Waals surface area (Å²) in [5, 5.41) is 3.57. The second-order valence-electron chi connectivity index (χ2n) is 5.16. The van der Waals surface area contributed by atoms with Gasteiger partial charge in [0.25, 0.3) is 0 Å². The second-order valence-corrected chi connectivity index (χ2v) is 6.31. The van der Waals surface area contributed by atoms with Crippen molar-refractivity contribution in [1.82, 2.24) is 4.98 Å². The summed E-state index contributed by atoms with van der Waals surface area (Å²) in [6.07, 6.45) is 7.25. The summed E-state index contributed by atoms with van der Waals surface area (Å²) >= 11 is 2.04. The Bertz CT molecular complexity index is 367. The van der Waals surface area contributed by atoms with Crippen LogP contribution in [0.15, 0.2) is 18.3 Å². The molecule has 2 saturated heterocycles. The van der Waals surface area contributed by atoms with Crippen LogP contribution < -0.4 is 10.2 Å². The molecule has 0 aliphatic carbocycles. The van der Waals surface area contributed by atoms with Crippen molar-refractivity contribution in [3.63, 3.8) is 0 Å². The van der Waals surface area contributed by atoms with Crippen LogP contribution in [0.1, 0.15) is 25.7 Å².